The van der Waals surface area contributed by atoms with Crippen LogP contribution in [0.1, 0.15) is 23.6 Å². The van der Waals surface area contributed by atoms with Crippen molar-refractivity contribution >= 4 is 0 Å². The third kappa shape index (κ3) is 2.18. The number of nitrogens with one attached hydrogen (secondary N) is 1. The summed E-state index contributed by atoms with van der Waals surface area (Å²) in [4.78, 5) is 4.20. The smallest absolute Gasteiger partial charge is 0.114 e. The van der Waals surface area contributed by atoms with E-state index in [1.54, 1.807) is 0 Å². The zero-order chi connectivity index (χ0) is 10.7. The molecule has 0 bridgehead atoms. The molecule has 1 aromatic heterocycles. The maximum absolute atomic E-state index is 5.57. The largest absolute Gasteiger partial charge is 0.496 e. The van der Waals surface area contributed by atoms with Crippen molar-refractivity contribution in [2.75, 3.05) is 13.7 Å². The van der Waals surface area contributed by atoms with Crippen molar-refractivity contribution in [1.29, 1.82) is 0 Å². The van der Waals surface area contributed by atoms with Gasteiger partial charge in [0.2, 0.25) is 0 Å². The lowest BCUT2D eigenvalue weighted by Crippen LogP contribution is -2.19. The summed E-state index contributed by atoms with van der Waals surface area (Å²) in [5, 5.41) is 3.25. The standard InChI is InChI=1S/C12H16N2O/c1-9-6-10(8-14-7-9)12(13-2)11-4-3-5-15-11/h4,6-8,12-13H,3,5H2,1-2H3. The number of aryl methyl sites for hydroxylation is 1. The van der Waals surface area contributed by atoms with Crippen molar-refractivity contribution in [2.45, 2.75) is 19.4 Å². The van der Waals surface area contributed by atoms with Gasteiger partial charge in [-0.1, -0.05) is 6.07 Å². The van der Waals surface area contributed by atoms with Crippen LogP contribution in [0.2, 0.25) is 0 Å². The Balaban J connectivity index is 2.26. The van der Waals surface area contributed by atoms with Gasteiger partial charge in [-0.15, -0.1) is 0 Å². The molecule has 15 heavy (non-hydrogen) atoms. The second-order valence-corrected chi connectivity index (χ2v) is 3.76. The fourth-order valence-electron chi connectivity index (χ4n) is 1.85. The van der Waals surface area contributed by atoms with Crippen molar-refractivity contribution in [3.05, 3.63) is 41.4 Å². The van der Waals surface area contributed by atoms with Gasteiger partial charge in [0, 0.05) is 18.8 Å². The molecule has 1 aliphatic heterocycles. The highest BCUT2D eigenvalue weighted by molar-refractivity contribution is 5.26. The van der Waals surface area contributed by atoms with E-state index in [0.717, 1.165) is 24.4 Å². The molecule has 0 amide bonds. The molecule has 0 radical (unpaired) electrons. The number of aromatic nitrogens is 1. The van der Waals surface area contributed by atoms with Crippen LogP contribution in [0.3, 0.4) is 0 Å². The first kappa shape index (κ1) is 10.2. The van der Waals surface area contributed by atoms with Crippen LogP contribution in [-0.4, -0.2) is 18.6 Å². The van der Waals surface area contributed by atoms with Crippen LogP contribution in [0.15, 0.2) is 30.3 Å². The lowest BCUT2D eigenvalue weighted by molar-refractivity contribution is 0.218. The molecule has 0 spiro atoms. The van der Waals surface area contributed by atoms with Crippen LogP contribution in [0.4, 0.5) is 0 Å². The molecule has 1 unspecified atom stereocenters. The van der Waals surface area contributed by atoms with E-state index in [-0.39, 0.29) is 6.04 Å². The SMILES string of the molecule is CNC(C1=CCCO1)c1cncc(C)c1. The van der Waals surface area contributed by atoms with Gasteiger partial charge >= 0.3 is 0 Å². The van der Waals surface area contributed by atoms with Crippen LogP contribution in [-0.2, 0) is 4.74 Å². The molecule has 3 heteroatoms. The third-order valence-corrected chi connectivity index (χ3v) is 2.53. The molecular weight excluding hydrogens is 188 g/mol. The van der Waals surface area contributed by atoms with E-state index in [1.165, 1.54) is 5.56 Å². The summed E-state index contributed by atoms with van der Waals surface area (Å²) in [5.41, 5.74) is 2.33. The summed E-state index contributed by atoms with van der Waals surface area (Å²) in [5.74, 6) is 1.02. The van der Waals surface area contributed by atoms with E-state index in [2.05, 4.69) is 22.4 Å². The third-order valence-electron chi connectivity index (χ3n) is 2.53. The summed E-state index contributed by atoms with van der Waals surface area (Å²) in [6, 6.07) is 2.27. The van der Waals surface area contributed by atoms with Crippen molar-refractivity contribution in [3.8, 4) is 0 Å². The van der Waals surface area contributed by atoms with Gasteiger partial charge in [-0.05, 0) is 31.2 Å². The molecule has 0 saturated heterocycles. The first-order valence-corrected chi connectivity index (χ1v) is 5.23. The number of hydrogen-bond acceptors (Lipinski definition) is 3. The minimum absolute atomic E-state index is 0.139. The van der Waals surface area contributed by atoms with Gasteiger partial charge in [-0.25, -0.2) is 0 Å². The Morgan fingerprint density at radius 2 is 2.33 bits per heavy atom. The molecule has 0 aliphatic carbocycles. The highest BCUT2D eigenvalue weighted by Gasteiger charge is 2.19. The molecule has 1 atom stereocenters. The molecule has 1 aromatic rings. The fourth-order valence-corrected chi connectivity index (χ4v) is 1.85. The van der Waals surface area contributed by atoms with Gasteiger partial charge in [-0.2, -0.15) is 0 Å². The number of rotatable bonds is 3. The number of nitrogens with zero attached hydrogens (tertiary/aromatic N) is 1. The monoisotopic (exact) mass is 204 g/mol. The predicted molar refractivity (Wildman–Crippen MR) is 59.4 cm³/mol. The first-order chi connectivity index (χ1) is 7.31. The minimum Gasteiger partial charge on any atom is -0.496 e. The lowest BCUT2D eigenvalue weighted by atomic mass is 10.1. The van der Waals surface area contributed by atoms with Gasteiger partial charge in [0.1, 0.15) is 5.76 Å². The Bertz CT molecular complexity index is 374. The molecule has 0 aromatic carbocycles. The highest BCUT2D eigenvalue weighted by atomic mass is 16.5. The van der Waals surface area contributed by atoms with Crippen molar-refractivity contribution in [1.82, 2.24) is 10.3 Å². The van der Waals surface area contributed by atoms with Crippen LogP contribution in [0.25, 0.3) is 0 Å². The van der Waals surface area contributed by atoms with Crippen LogP contribution >= 0.6 is 0 Å². The van der Waals surface area contributed by atoms with E-state index in [0.29, 0.717) is 0 Å². The summed E-state index contributed by atoms with van der Waals surface area (Å²) >= 11 is 0. The molecule has 1 aliphatic rings. The summed E-state index contributed by atoms with van der Waals surface area (Å²) in [6.45, 7) is 2.85. The van der Waals surface area contributed by atoms with Gasteiger partial charge in [0.25, 0.3) is 0 Å². The number of pyridine rings is 1. The van der Waals surface area contributed by atoms with Crippen molar-refractivity contribution in [3.63, 3.8) is 0 Å². The summed E-state index contributed by atoms with van der Waals surface area (Å²) in [6.07, 6.45) is 6.90. The van der Waals surface area contributed by atoms with Gasteiger partial charge in [0.05, 0.1) is 12.6 Å². The van der Waals surface area contributed by atoms with Crippen molar-refractivity contribution in [2.24, 2.45) is 0 Å². The topological polar surface area (TPSA) is 34.1 Å². The minimum atomic E-state index is 0.139. The predicted octanol–water partition coefficient (Wildman–Crippen LogP) is 1.95. The van der Waals surface area contributed by atoms with Crippen LogP contribution in [0.5, 0.6) is 0 Å². The molecule has 80 valence electrons. The molecule has 0 fully saturated rings. The van der Waals surface area contributed by atoms with Gasteiger partial charge in [-0.3, -0.25) is 4.98 Å². The summed E-state index contributed by atoms with van der Waals surface area (Å²) in [7, 11) is 1.94. The Labute approximate surface area is 90.2 Å². The summed E-state index contributed by atoms with van der Waals surface area (Å²) < 4.78 is 5.57. The molecule has 2 rings (SSSR count). The number of hydrogen-bond donors (Lipinski definition) is 1. The highest BCUT2D eigenvalue weighted by Crippen LogP contribution is 2.25. The maximum Gasteiger partial charge on any atom is 0.114 e. The molecular formula is C12H16N2O. The van der Waals surface area contributed by atoms with E-state index >= 15 is 0 Å². The Hall–Kier alpha value is -1.35. The molecule has 3 nitrogen and oxygen atoms in total. The fraction of sp³-hybridized carbons (Fsp3) is 0.417. The van der Waals surface area contributed by atoms with Gasteiger partial charge in [0.15, 0.2) is 0 Å². The zero-order valence-corrected chi connectivity index (χ0v) is 9.16. The first-order valence-electron chi connectivity index (χ1n) is 5.23. The van der Waals surface area contributed by atoms with Crippen LogP contribution in [0, 0.1) is 6.92 Å². The van der Waals surface area contributed by atoms with Crippen LogP contribution < -0.4 is 5.32 Å². The Morgan fingerprint density at radius 1 is 1.47 bits per heavy atom. The average molecular weight is 204 g/mol. The molecule has 1 N–H and O–H groups in total. The second-order valence-electron chi connectivity index (χ2n) is 3.76. The van der Waals surface area contributed by atoms with E-state index in [9.17, 15) is 0 Å². The zero-order valence-electron chi connectivity index (χ0n) is 9.16. The maximum atomic E-state index is 5.57. The normalized spacial score (nSPS) is 17.1. The average Bonchev–Trinajstić information content (AvgIpc) is 2.72. The van der Waals surface area contributed by atoms with Crippen molar-refractivity contribution < 1.29 is 4.74 Å². The van der Waals surface area contributed by atoms with E-state index in [1.807, 2.05) is 26.4 Å². The van der Waals surface area contributed by atoms with E-state index < -0.39 is 0 Å². The van der Waals surface area contributed by atoms with E-state index in [4.69, 9.17) is 4.74 Å². The second kappa shape index (κ2) is 4.45. The molecule has 2 heterocycles. The molecule has 0 saturated carbocycles. The Morgan fingerprint density at radius 3 is 2.93 bits per heavy atom. The number of ether oxygens (including phenoxy) is 1. The van der Waals surface area contributed by atoms with Gasteiger partial charge < -0.3 is 10.1 Å². The number of likely N-dealkylation sites (N-methyl/N-ethyl adjacent to an activating group) is 1. The quantitative estimate of drug-likeness (QED) is 0.817. The lowest BCUT2D eigenvalue weighted by Gasteiger charge is -2.17. The Kier molecular flexibility index (Phi) is 3.02.